The molecule has 0 spiro atoms. The van der Waals surface area contributed by atoms with E-state index in [2.05, 4.69) is 38.1 Å². The van der Waals surface area contributed by atoms with Crippen LogP contribution >= 0.6 is 0 Å². The highest BCUT2D eigenvalue weighted by atomic mass is 19.2. The summed E-state index contributed by atoms with van der Waals surface area (Å²) < 4.78 is 29.8. The fourth-order valence-corrected chi connectivity index (χ4v) is 4.90. The zero-order valence-electron chi connectivity index (χ0n) is 22.4. The number of aryl methyl sites for hydroxylation is 2. The Hall–Kier alpha value is -2.48. The highest BCUT2D eigenvalue weighted by Gasteiger charge is 2.14. The van der Waals surface area contributed by atoms with Crippen LogP contribution in [0.5, 0.6) is 0 Å². The predicted octanol–water partition coefficient (Wildman–Crippen LogP) is 11.1. The summed E-state index contributed by atoms with van der Waals surface area (Å²) in [6, 6.07) is 19.9. The Morgan fingerprint density at radius 1 is 0.444 bits per heavy atom. The van der Waals surface area contributed by atoms with Crippen molar-refractivity contribution in [2.75, 3.05) is 0 Å². The van der Waals surface area contributed by atoms with E-state index >= 15 is 0 Å². The Balaban J connectivity index is 1.50. The highest BCUT2D eigenvalue weighted by molar-refractivity contribution is 5.71. The molecule has 3 rings (SSSR count). The molecule has 0 radical (unpaired) electrons. The van der Waals surface area contributed by atoms with Crippen molar-refractivity contribution in [1.29, 1.82) is 0 Å². The summed E-state index contributed by atoms with van der Waals surface area (Å²) in [7, 11) is 0. The minimum Gasteiger partial charge on any atom is -0.203 e. The van der Waals surface area contributed by atoms with Crippen molar-refractivity contribution in [2.45, 2.75) is 104 Å². The van der Waals surface area contributed by atoms with Gasteiger partial charge >= 0.3 is 0 Å². The first-order valence-electron chi connectivity index (χ1n) is 14.3. The zero-order valence-corrected chi connectivity index (χ0v) is 22.4. The van der Waals surface area contributed by atoms with Crippen molar-refractivity contribution in [1.82, 2.24) is 0 Å². The van der Waals surface area contributed by atoms with Crippen LogP contribution in [-0.4, -0.2) is 0 Å². The standard InChI is InChI=1S/C34H44F2/c1-3-5-7-8-9-10-11-12-13-14-16-31-25-26-32(34(36)33(31)35)30-23-21-29(22-24-30)28-19-17-27(18-20-28)15-6-4-2/h17-26H,3-16H2,1-2H3. The summed E-state index contributed by atoms with van der Waals surface area (Å²) in [4.78, 5) is 0. The fourth-order valence-electron chi connectivity index (χ4n) is 4.90. The first-order chi connectivity index (χ1) is 17.6. The molecule has 0 nitrogen and oxygen atoms in total. The van der Waals surface area contributed by atoms with Crippen LogP contribution in [-0.2, 0) is 12.8 Å². The number of unbranched alkanes of at least 4 members (excludes halogenated alkanes) is 10. The third kappa shape index (κ3) is 8.57. The number of rotatable bonds is 16. The maximum atomic E-state index is 14.9. The van der Waals surface area contributed by atoms with E-state index in [0.29, 0.717) is 23.1 Å². The molecule has 0 aliphatic carbocycles. The van der Waals surface area contributed by atoms with Crippen LogP contribution < -0.4 is 0 Å². The predicted molar refractivity (Wildman–Crippen MR) is 151 cm³/mol. The van der Waals surface area contributed by atoms with Crippen LogP contribution in [0, 0.1) is 11.6 Å². The van der Waals surface area contributed by atoms with E-state index in [0.717, 1.165) is 30.4 Å². The van der Waals surface area contributed by atoms with Crippen molar-refractivity contribution < 1.29 is 8.78 Å². The van der Waals surface area contributed by atoms with Crippen LogP contribution in [0.25, 0.3) is 22.3 Å². The molecule has 0 unspecified atom stereocenters. The molecule has 0 heterocycles. The van der Waals surface area contributed by atoms with Gasteiger partial charge in [-0.3, -0.25) is 0 Å². The molecule has 194 valence electrons. The summed E-state index contributed by atoms with van der Waals surface area (Å²) >= 11 is 0. The van der Waals surface area contributed by atoms with E-state index in [9.17, 15) is 8.78 Å². The topological polar surface area (TPSA) is 0 Å². The molecule has 0 bridgehead atoms. The van der Waals surface area contributed by atoms with Gasteiger partial charge in [-0.05, 0) is 53.5 Å². The molecule has 3 aromatic carbocycles. The van der Waals surface area contributed by atoms with Gasteiger partial charge in [-0.2, -0.15) is 0 Å². The van der Waals surface area contributed by atoms with Crippen molar-refractivity contribution >= 4 is 0 Å². The highest BCUT2D eigenvalue weighted by Crippen LogP contribution is 2.30. The molecular formula is C34H44F2. The summed E-state index contributed by atoms with van der Waals surface area (Å²) in [6.07, 6.45) is 16.5. The molecule has 0 aliphatic rings. The molecule has 0 aromatic heterocycles. The summed E-state index contributed by atoms with van der Waals surface area (Å²) in [5, 5.41) is 0. The van der Waals surface area contributed by atoms with Gasteiger partial charge in [-0.25, -0.2) is 8.78 Å². The van der Waals surface area contributed by atoms with E-state index in [1.165, 1.54) is 69.8 Å². The molecular weight excluding hydrogens is 446 g/mol. The second kappa shape index (κ2) is 15.6. The molecule has 3 aromatic rings. The minimum absolute atomic E-state index is 0.334. The average Bonchev–Trinajstić information content (AvgIpc) is 2.91. The Labute approximate surface area is 218 Å². The Kier molecular flexibility index (Phi) is 12.2. The van der Waals surface area contributed by atoms with E-state index in [1.54, 1.807) is 12.1 Å². The molecule has 36 heavy (non-hydrogen) atoms. The van der Waals surface area contributed by atoms with Gasteiger partial charge in [0, 0.05) is 5.56 Å². The summed E-state index contributed by atoms with van der Waals surface area (Å²) in [6.45, 7) is 4.45. The average molecular weight is 491 g/mol. The van der Waals surface area contributed by atoms with Gasteiger partial charge in [0.2, 0.25) is 0 Å². The van der Waals surface area contributed by atoms with Gasteiger partial charge in [0.25, 0.3) is 0 Å². The van der Waals surface area contributed by atoms with Crippen LogP contribution in [0.2, 0.25) is 0 Å². The lowest BCUT2D eigenvalue weighted by atomic mass is 9.96. The third-order valence-corrected chi connectivity index (χ3v) is 7.26. The SMILES string of the molecule is CCCCCCCCCCCCc1ccc(-c2ccc(-c3ccc(CCCC)cc3)cc2)c(F)c1F. The van der Waals surface area contributed by atoms with Crippen molar-refractivity contribution in [3.63, 3.8) is 0 Å². The van der Waals surface area contributed by atoms with Gasteiger partial charge < -0.3 is 0 Å². The molecule has 0 aliphatic heterocycles. The molecule has 2 heteroatoms. The smallest absolute Gasteiger partial charge is 0.166 e. The first kappa shape index (κ1) is 28.1. The molecule has 0 N–H and O–H groups in total. The lowest BCUT2D eigenvalue weighted by molar-refractivity contribution is 0.496. The molecule has 0 saturated carbocycles. The van der Waals surface area contributed by atoms with Crippen molar-refractivity contribution in [3.8, 4) is 22.3 Å². The third-order valence-electron chi connectivity index (χ3n) is 7.26. The summed E-state index contributed by atoms with van der Waals surface area (Å²) in [5.74, 6) is -1.41. The molecule has 0 atom stereocenters. The Morgan fingerprint density at radius 3 is 1.53 bits per heavy atom. The van der Waals surface area contributed by atoms with Crippen molar-refractivity contribution in [2.24, 2.45) is 0 Å². The molecule has 0 amide bonds. The van der Waals surface area contributed by atoms with Crippen LogP contribution in [0.3, 0.4) is 0 Å². The van der Waals surface area contributed by atoms with E-state index in [-0.39, 0.29) is 0 Å². The largest absolute Gasteiger partial charge is 0.203 e. The number of benzene rings is 3. The monoisotopic (exact) mass is 490 g/mol. The molecule has 0 fully saturated rings. The number of hydrogen-bond donors (Lipinski definition) is 0. The second-order valence-electron chi connectivity index (χ2n) is 10.2. The fraction of sp³-hybridized carbons (Fsp3) is 0.471. The lowest BCUT2D eigenvalue weighted by Crippen LogP contribution is -1.98. The van der Waals surface area contributed by atoms with Crippen LogP contribution in [0.1, 0.15) is 102 Å². The van der Waals surface area contributed by atoms with Crippen LogP contribution in [0.4, 0.5) is 8.78 Å². The molecule has 0 saturated heterocycles. The maximum Gasteiger partial charge on any atom is 0.166 e. The number of halogens is 2. The maximum absolute atomic E-state index is 14.9. The minimum atomic E-state index is -0.729. The van der Waals surface area contributed by atoms with Gasteiger partial charge in [0.1, 0.15) is 0 Å². The van der Waals surface area contributed by atoms with Gasteiger partial charge in [0.15, 0.2) is 11.6 Å². The van der Waals surface area contributed by atoms with Gasteiger partial charge in [-0.15, -0.1) is 0 Å². The van der Waals surface area contributed by atoms with E-state index in [1.807, 2.05) is 24.3 Å². The van der Waals surface area contributed by atoms with E-state index in [4.69, 9.17) is 0 Å². The van der Waals surface area contributed by atoms with Gasteiger partial charge in [-0.1, -0.05) is 139 Å². The van der Waals surface area contributed by atoms with Crippen LogP contribution in [0.15, 0.2) is 60.7 Å². The lowest BCUT2D eigenvalue weighted by Gasteiger charge is -2.10. The van der Waals surface area contributed by atoms with Crippen molar-refractivity contribution in [3.05, 3.63) is 83.4 Å². The van der Waals surface area contributed by atoms with E-state index < -0.39 is 11.6 Å². The Morgan fingerprint density at radius 2 is 0.944 bits per heavy atom. The number of hydrogen-bond acceptors (Lipinski definition) is 0. The van der Waals surface area contributed by atoms with Gasteiger partial charge in [0.05, 0.1) is 0 Å². The quantitative estimate of drug-likeness (QED) is 0.175. The normalized spacial score (nSPS) is 11.2. The summed E-state index contributed by atoms with van der Waals surface area (Å²) in [5.41, 5.74) is 5.11. The Bertz CT molecular complexity index is 1020. The second-order valence-corrected chi connectivity index (χ2v) is 10.2. The zero-order chi connectivity index (χ0) is 25.6. The first-order valence-corrected chi connectivity index (χ1v) is 14.3.